The second-order valence-corrected chi connectivity index (χ2v) is 8.94. The van der Waals surface area contributed by atoms with Crippen LogP contribution in [0.3, 0.4) is 0 Å². The lowest BCUT2D eigenvalue weighted by Crippen LogP contribution is -2.39. The second-order valence-electron chi connectivity index (χ2n) is 7.23. The van der Waals surface area contributed by atoms with Gasteiger partial charge in [0.25, 0.3) is 5.56 Å². The quantitative estimate of drug-likeness (QED) is 0.854. The molecule has 2 heterocycles. The van der Waals surface area contributed by atoms with Crippen LogP contribution in [0.4, 0.5) is 0 Å². The highest BCUT2D eigenvalue weighted by atomic mass is 32.2. The van der Waals surface area contributed by atoms with E-state index in [4.69, 9.17) is 0 Å². The lowest BCUT2D eigenvalue weighted by Gasteiger charge is -2.29. The number of fused-ring (bicyclic) bond motifs is 1. The zero-order valence-electron chi connectivity index (χ0n) is 14.8. The maximum Gasteiger partial charge on any atom is 0.267 e. The van der Waals surface area contributed by atoms with Crippen LogP contribution in [-0.4, -0.2) is 34.0 Å². The second kappa shape index (κ2) is 6.62. The van der Waals surface area contributed by atoms with Crippen molar-refractivity contribution in [3.05, 3.63) is 40.1 Å². The lowest BCUT2D eigenvalue weighted by atomic mass is 9.92. The van der Waals surface area contributed by atoms with Crippen LogP contribution >= 0.6 is 0 Å². The first-order valence-electron chi connectivity index (χ1n) is 9.05. The summed E-state index contributed by atoms with van der Waals surface area (Å²) in [5.74, 6) is 0. The smallest absolute Gasteiger partial charge is 0.267 e. The van der Waals surface area contributed by atoms with Gasteiger partial charge in [-0.15, -0.1) is 0 Å². The Morgan fingerprint density at radius 3 is 2.65 bits per heavy atom. The van der Waals surface area contributed by atoms with Crippen LogP contribution in [-0.2, 0) is 29.9 Å². The predicted octanol–water partition coefficient (Wildman–Crippen LogP) is 0.928. The van der Waals surface area contributed by atoms with Crippen molar-refractivity contribution >= 4 is 10.0 Å². The molecule has 140 valence electrons. The number of rotatable bonds is 4. The molecule has 0 bridgehead atoms. The Bertz CT molecular complexity index is 971. The SMILES string of the molecule is Cn1cc(S(=O)(=O)NC2CCC(n3nc4c(cc3=O)CCC4)CC2)cn1. The van der Waals surface area contributed by atoms with Gasteiger partial charge < -0.3 is 0 Å². The standard InChI is InChI=1S/C17H23N5O3S/c1-21-11-15(10-18-21)26(24,25)20-13-5-7-14(8-6-13)22-17(23)9-12-3-2-4-16(12)19-22/h9-11,13-14,20H,2-8H2,1H3. The lowest BCUT2D eigenvalue weighted by molar-refractivity contribution is 0.284. The van der Waals surface area contributed by atoms with Gasteiger partial charge in [0.05, 0.1) is 17.9 Å². The van der Waals surface area contributed by atoms with Crippen molar-refractivity contribution in [2.24, 2.45) is 7.05 Å². The molecule has 4 rings (SSSR count). The van der Waals surface area contributed by atoms with E-state index in [1.165, 1.54) is 17.1 Å². The number of hydrogen-bond donors (Lipinski definition) is 1. The van der Waals surface area contributed by atoms with Crippen LogP contribution in [0.2, 0.25) is 0 Å². The minimum absolute atomic E-state index is 0.0370. The molecule has 2 aliphatic carbocycles. The topological polar surface area (TPSA) is 98.9 Å². The summed E-state index contributed by atoms with van der Waals surface area (Å²) in [6, 6.07) is 1.65. The molecule has 0 amide bonds. The van der Waals surface area contributed by atoms with Crippen LogP contribution in [0.1, 0.15) is 49.4 Å². The minimum Gasteiger partial charge on any atom is -0.274 e. The molecule has 2 aromatic heterocycles. The Kier molecular flexibility index (Phi) is 4.44. The van der Waals surface area contributed by atoms with Crippen LogP contribution < -0.4 is 10.3 Å². The van der Waals surface area contributed by atoms with E-state index < -0.39 is 10.0 Å². The first-order chi connectivity index (χ1) is 12.4. The van der Waals surface area contributed by atoms with Crippen LogP contribution in [0.15, 0.2) is 28.2 Å². The predicted molar refractivity (Wildman–Crippen MR) is 95.3 cm³/mol. The number of aryl methyl sites for hydroxylation is 3. The highest BCUT2D eigenvalue weighted by molar-refractivity contribution is 7.89. The molecule has 1 N–H and O–H groups in total. The van der Waals surface area contributed by atoms with E-state index >= 15 is 0 Å². The van der Waals surface area contributed by atoms with Gasteiger partial charge in [-0.1, -0.05) is 0 Å². The summed E-state index contributed by atoms with van der Waals surface area (Å²) in [6.45, 7) is 0. The van der Waals surface area contributed by atoms with Crippen molar-refractivity contribution in [2.45, 2.75) is 61.9 Å². The first kappa shape index (κ1) is 17.4. The molecule has 2 aliphatic rings. The Morgan fingerprint density at radius 1 is 1.19 bits per heavy atom. The van der Waals surface area contributed by atoms with Gasteiger partial charge in [-0.05, 0) is 50.5 Å². The summed E-state index contributed by atoms with van der Waals surface area (Å²) in [4.78, 5) is 12.5. The highest BCUT2D eigenvalue weighted by Crippen LogP contribution is 2.28. The molecule has 26 heavy (non-hydrogen) atoms. The molecule has 0 radical (unpaired) electrons. The highest BCUT2D eigenvalue weighted by Gasteiger charge is 2.28. The zero-order valence-corrected chi connectivity index (χ0v) is 15.6. The van der Waals surface area contributed by atoms with E-state index in [0.29, 0.717) is 12.8 Å². The summed E-state index contributed by atoms with van der Waals surface area (Å²) in [5, 5.41) is 8.50. The third kappa shape index (κ3) is 3.33. The van der Waals surface area contributed by atoms with Gasteiger partial charge in [0.15, 0.2) is 0 Å². The van der Waals surface area contributed by atoms with E-state index in [1.807, 2.05) is 0 Å². The van der Waals surface area contributed by atoms with Gasteiger partial charge in [-0.3, -0.25) is 9.48 Å². The van der Waals surface area contributed by atoms with Crippen molar-refractivity contribution < 1.29 is 8.42 Å². The molecular formula is C17H23N5O3S. The largest absolute Gasteiger partial charge is 0.274 e. The van der Waals surface area contributed by atoms with Crippen molar-refractivity contribution in [3.8, 4) is 0 Å². The molecule has 0 aromatic carbocycles. The van der Waals surface area contributed by atoms with E-state index in [2.05, 4.69) is 14.9 Å². The molecule has 2 aromatic rings. The molecule has 0 aliphatic heterocycles. The zero-order chi connectivity index (χ0) is 18.3. The van der Waals surface area contributed by atoms with Gasteiger partial charge in [0, 0.05) is 25.4 Å². The van der Waals surface area contributed by atoms with Gasteiger partial charge in [-0.2, -0.15) is 10.2 Å². The number of hydrogen-bond acceptors (Lipinski definition) is 5. The molecule has 1 saturated carbocycles. The van der Waals surface area contributed by atoms with E-state index in [-0.39, 0.29) is 22.5 Å². The van der Waals surface area contributed by atoms with Gasteiger partial charge in [0.1, 0.15) is 4.90 Å². The molecule has 0 atom stereocenters. The Hall–Kier alpha value is -2.00. The van der Waals surface area contributed by atoms with Crippen LogP contribution in [0, 0.1) is 0 Å². The number of sulfonamides is 1. The monoisotopic (exact) mass is 377 g/mol. The number of nitrogens with one attached hydrogen (secondary N) is 1. The van der Waals surface area contributed by atoms with Crippen molar-refractivity contribution in [3.63, 3.8) is 0 Å². The van der Waals surface area contributed by atoms with Crippen molar-refractivity contribution in [1.29, 1.82) is 0 Å². The molecule has 0 unspecified atom stereocenters. The number of aromatic nitrogens is 4. The van der Waals surface area contributed by atoms with Gasteiger partial charge in [-0.25, -0.2) is 17.8 Å². The maximum absolute atomic E-state index is 12.4. The summed E-state index contributed by atoms with van der Waals surface area (Å²) >= 11 is 0. The molecule has 8 nitrogen and oxygen atoms in total. The summed E-state index contributed by atoms with van der Waals surface area (Å²) in [5.41, 5.74) is 2.10. The molecule has 0 saturated heterocycles. The first-order valence-corrected chi connectivity index (χ1v) is 10.5. The number of nitrogens with zero attached hydrogens (tertiary/aromatic N) is 4. The summed E-state index contributed by atoms with van der Waals surface area (Å²) in [6.07, 6.45) is 8.65. The van der Waals surface area contributed by atoms with Crippen LogP contribution in [0.5, 0.6) is 0 Å². The Labute approximate surface area is 152 Å². The molecule has 1 fully saturated rings. The normalized spacial score (nSPS) is 23.1. The molecule has 0 spiro atoms. The van der Waals surface area contributed by atoms with E-state index in [1.54, 1.807) is 17.8 Å². The van der Waals surface area contributed by atoms with E-state index in [0.717, 1.165) is 43.4 Å². The molecular weight excluding hydrogens is 354 g/mol. The van der Waals surface area contributed by atoms with Gasteiger partial charge >= 0.3 is 0 Å². The van der Waals surface area contributed by atoms with Crippen molar-refractivity contribution in [1.82, 2.24) is 24.3 Å². The Morgan fingerprint density at radius 2 is 1.96 bits per heavy atom. The fourth-order valence-corrected chi connectivity index (χ4v) is 5.23. The van der Waals surface area contributed by atoms with Gasteiger partial charge in [0.2, 0.25) is 10.0 Å². The third-order valence-corrected chi connectivity index (χ3v) is 6.81. The average molecular weight is 377 g/mol. The average Bonchev–Trinajstić information content (AvgIpc) is 3.23. The minimum atomic E-state index is -3.55. The molecule has 9 heteroatoms. The van der Waals surface area contributed by atoms with Crippen molar-refractivity contribution in [2.75, 3.05) is 0 Å². The fraction of sp³-hybridized carbons (Fsp3) is 0.588. The summed E-state index contributed by atoms with van der Waals surface area (Å²) < 4.78 is 30.7. The Balaban J connectivity index is 1.43. The van der Waals surface area contributed by atoms with Crippen LogP contribution in [0.25, 0.3) is 0 Å². The third-order valence-electron chi connectivity index (χ3n) is 5.34. The summed E-state index contributed by atoms with van der Waals surface area (Å²) in [7, 11) is -1.87. The fourth-order valence-electron chi connectivity index (χ4n) is 3.94. The van der Waals surface area contributed by atoms with E-state index in [9.17, 15) is 13.2 Å². The maximum atomic E-state index is 12.4.